The second-order valence-electron chi connectivity index (χ2n) is 11.5. The first kappa shape index (κ1) is 35.2. The molecule has 0 saturated heterocycles. The Morgan fingerprint density at radius 2 is 1.33 bits per heavy atom. The average molecular weight is 691 g/mol. The van der Waals surface area contributed by atoms with Crippen molar-refractivity contribution in [2.45, 2.75) is 25.3 Å². The van der Waals surface area contributed by atoms with Crippen LogP contribution in [0.25, 0.3) is 11.2 Å². The summed E-state index contributed by atoms with van der Waals surface area (Å²) in [5.41, 5.74) is 6.02. The predicted octanol–water partition coefficient (Wildman–Crippen LogP) is 5.84. The van der Waals surface area contributed by atoms with Crippen LogP contribution in [-0.2, 0) is 26.3 Å². The monoisotopic (exact) mass is 690 g/mol. The van der Waals surface area contributed by atoms with Gasteiger partial charge in [-0.05, 0) is 77.9 Å². The van der Waals surface area contributed by atoms with E-state index in [2.05, 4.69) is 28.4 Å². The molecule has 2 aromatic heterocycles. The maximum Gasteiger partial charge on any atom is 0.226 e. The predicted molar refractivity (Wildman–Crippen MR) is 192 cm³/mol. The molecule has 3 aromatic carbocycles. The van der Waals surface area contributed by atoms with Crippen molar-refractivity contribution in [3.05, 3.63) is 77.1 Å². The molecule has 12 nitrogen and oxygen atoms in total. The van der Waals surface area contributed by atoms with Crippen LogP contribution >= 0.6 is 12.4 Å². The first-order valence-corrected chi connectivity index (χ1v) is 15.8. The third kappa shape index (κ3) is 7.05. The molecule has 3 heterocycles. The lowest BCUT2D eigenvalue weighted by Crippen LogP contribution is -2.37. The fourth-order valence-corrected chi connectivity index (χ4v) is 6.36. The van der Waals surface area contributed by atoms with Crippen LogP contribution in [0.3, 0.4) is 0 Å². The third-order valence-corrected chi connectivity index (χ3v) is 8.84. The Kier molecular flexibility index (Phi) is 11.1. The van der Waals surface area contributed by atoms with Gasteiger partial charge in [0.25, 0.3) is 0 Å². The van der Waals surface area contributed by atoms with E-state index in [0.29, 0.717) is 60.0 Å². The highest BCUT2D eigenvalue weighted by molar-refractivity contribution is 5.86. The number of methoxy groups -OCH3 is 6. The number of imidazole rings is 1. The molecule has 0 radical (unpaired) electrons. The van der Waals surface area contributed by atoms with E-state index >= 15 is 0 Å². The summed E-state index contributed by atoms with van der Waals surface area (Å²) >= 11 is 0. The number of aryl methyl sites for hydroxylation is 1. The zero-order chi connectivity index (χ0) is 33.8. The number of fused-ring (bicyclic) bond motifs is 2. The van der Waals surface area contributed by atoms with Crippen LogP contribution in [-0.4, -0.2) is 75.3 Å². The molecular weight excluding hydrogens is 648 g/mol. The van der Waals surface area contributed by atoms with Crippen LogP contribution in [0.5, 0.6) is 34.5 Å². The smallest absolute Gasteiger partial charge is 0.226 e. The summed E-state index contributed by atoms with van der Waals surface area (Å²) < 4.78 is 35.4. The molecule has 1 N–H and O–H groups in total. The van der Waals surface area contributed by atoms with Crippen molar-refractivity contribution in [1.29, 1.82) is 0 Å². The van der Waals surface area contributed by atoms with Gasteiger partial charge in [0.2, 0.25) is 5.95 Å². The van der Waals surface area contributed by atoms with Gasteiger partial charge in [-0.15, -0.1) is 12.4 Å². The summed E-state index contributed by atoms with van der Waals surface area (Å²) in [6.45, 7) is 1.33. The SMILES string of the molecule is COc1ccc(CCNc2nc(N3CCc4cc(OC)c(OC)cc4C3Cc3ccc(OC)c(OC)c3)c3ncn(C)c3n2)cc1OC.Cl. The van der Waals surface area contributed by atoms with Crippen molar-refractivity contribution in [2.75, 3.05) is 66.0 Å². The number of halogens is 1. The number of benzene rings is 3. The Balaban J connectivity index is 0.00000468. The molecule has 0 fully saturated rings. The van der Waals surface area contributed by atoms with Crippen LogP contribution in [0.4, 0.5) is 11.8 Å². The second kappa shape index (κ2) is 15.4. The van der Waals surface area contributed by atoms with Gasteiger partial charge in [-0.1, -0.05) is 12.1 Å². The average Bonchev–Trinajstić information content (AvgIpc) is 3.50. The largest absolute Gasteiger partial charge is 0.493 e. The quantitative estimate of drug-likeness (QED) is 0.161. The Morgan fingerprint density at radius 1 is 0.735 bits per heavy atom. The number of rotatable bonds is 13. The molecule has 6 rings (SSSR count). The molecule has 0 aliphatic carbocycles. The topological polar surface area (TPSA) is 114 Å². The van der Waals surface area contributed by atoms with Gasteiger partial charge in [0.15, 0.2) is 51.5 Å². The van der Waals surface area contributed by atoms with Crippen LogP contribution in [0.1, 0.15) is 28.3 Å². The lowest BCUT2D eigenvalue weighted by molar-refractivity contribution is 0.352. The van der Waals surface area contributed by atoms with Gasteiger partial charge in [0.05, 0.1) is 55.0 Å². The second-order valence-corrected chi connectivity index (χ2v) is 11.5. The summed E-state index contributed by atoms with van der Waals surface area (Å²) in [5.74, 6) is 5.45. The van der Waals surface area contributed by atoms with Gasteiger partial charge in [0.1, 0.15) is 0 Å². The number of aromatic nitrogens is 4. The van der Waals surface area contributed by atoms with E-state index in [1.807, 2.05) is 41.9 Å². The molecule has 13 heteroatoms. The summed E-state index contributed by atoms with van der Waals surface area (Å²) in [5, 5.41) is 3.46. The fraction of sp³-hybridized carbons (Fsp3) is 0.361. The highest BCUT2D eigenvalue weighted by atomic mass is 35.5. The number of hydrogen-bond donors (Lipinski definition) is 1. The maximum atomic E-state index is 5.76. The van der Waals surface area contributed by atoms with Crippen LogP contribution in [0.15, 0.2) is 54.9 Å². The number of nitrogens with zero attached hydrogens (tertiary/aromatic N) is 5. The minimum atomic E-state index is -0.105. The number of anilines is 2. The van der Waals surface area contributed by atoms with E-state index < -0.39 is 0 Å². The summed E-state index contributed by atoms with van der Waals surface area (Å²) in [7, 11) is 11.8. The number of ether oxygens (including phenoxy) is 6. The van der Waals surface area contributed by atoms with E-state index in [4.69, 9.17) is 43.4 Å². The Labute approximate surface area is 292 Å². The Bertz CT molecular complexity index is 1920. The summed E-state index contributed by atoms with van der Waals surface area (Å²) in [4.78, 5) is 17.1. The Morgan fingerprint density at radius 3 is 1.98 bits per heavy atom. The fourth-order valence-electron chi connectivity index (χ4n) is 6.36. The third-order valence-electron chi connectivity index (χ3n) is 8.84. The van der Waals surface area contributed by atoms with Crippen molar-refractivity contribution in [1.82, 2.24) is 19.5 Å². The van der Waals surface area contributed by atoms with Gasteiger partial charge in [-0.3, -0.25) is 0 Å². The van der Waals surface area contributed by atoms with Crippen molar-refractivity contribution in [3.8, 4) is 34.5 Å². The molecular formula is C36H43ClN6O6. The molecule has 1 atom stereocenters. The first-order valence-electron chi connectivity index (χ1n) is 15.8. The molecule has 49 heavy (non-hydrogen) atoms. The van der Waals surface area contributed by atoms with Gasteiger partial charge in [-0.2, -0.15) is 9.97 Å². The minimum absolute atomic E-state index is 0. The zero-order valence-electron chi connectivity index (χ0n) is 28.9. The molecule has 1 unspecified atom stereocenters. The number of nitrogens with one attached hydrogen (secondary N) is 1. The molecule has 0 saturated carbocycles. The Hall–Kier alpha value is -5.10. The minimum Gasteiger partial charge on any atom is -0.493 e. The summed E-state index contributed by atoms with van der Waals surface area (Å²) in [6, 6.07) is 16.1. The molecule has 0 bridgehead atoms. The van der Waals surface area contributed by atoms with Gasteiger partial charge in [0, 0.05) is 20.1 Å². The molecule has 1 aliphatic rings. The van der Waals surface area contributed by atoms with E-state index in [0.717, 1.165) is 46.5 Å². The maximum absolute atomic E-state index is 5.76. The highest BCUT2D eigenvalue weighted by Crippen LogP contribution is 2.43. The van der Waals surface area contributed by atoms with Gasteiger partial charge in [-0.25, -0.2) is 4.98 Å². The highest BCUT2D eigenvalue weighted by Gasteiger charge is 2.33. The van der Waals surface area contributed by atoms with Crippen molar-refractivity contribution in [3.63, 3.8) is 0 Å². The summed E-state index contributed by atoms with van der Waals surface area (Å²) in [6.07, 6.45) is 3.98. The van der Waals surface area contributed by atoms with Crippen LogP contribution in [0.2, 0.25) is 0 Å². The van der Waals surface area contributed by atoms with E-state index in [-0.39, 0.29) is 18.4 Å². The first-order chi connectivity index (χ1) is 23.4. The molecule has 0 amide bonds. The standard InChI is InChI=1S/C36H42N6O6.ClH/c1-41-21-38-33-34(41)39-36(37-14-12-22-8-10-27(43-2)29(17-22)45-4)40-35(33)42-15-13-24-19-31(47-6)32(48-7)20-25(24)26(42)16-23-9-11-28(44-3)30(18-23)46-5;/h8-11,17-21,26H,12-16H2,1-7H3,(H,37,39,40);1H. The van der Waals surface area contributed by atoms with Crippen molar-refractivity contribution < 1.29 is 28.4 Å². The zero-order valence-corrected chi connectivity index (χ0v) is 29.7. The van der Waals surface area contributed by atoms with E-state index in [9.17, 15) is 0 Å². The van der Waals surface area contributed by atoms with Crippen molar-refractivity contribution in [2.24, 2.45) is 7.05 Å². The van der Waals surface area contributed by atoms with Crippen molar-refractivity contribution >= 4 is 35.3 Å². The lowest BCUT2D eigenvalue weighted by Gasteiger charge is -2.39. The van der Waals surface area contributed by atoms with E-state index in [1.165, 1.54) is 5.56 Å². The van der Waals surface area contributed by atoms with E-state index in [1.54, 1.807) is 49.0 Å². The molecule has 5 aromatic rings. The molecule has 260 valence electrons. The van der Waals surface area contributed by atoms with Gasteiger partial charge >= 0.3 is 0 Å². The molecule has 1 aliphatic heterocycles. The number of hydrogen-bond acceptors (Lipinski definition) is 11. The lowest BCUT2D eigenvalue weighted by atomic mass is 9.88. The van der Waals surface area contributed by atoms with Gasteiger partial charge < -0.3 is 43.2 Å². The molecule has 0 spiro atoms. The normalized spacial score (nSPS) is 13.7. The van der Waals surface area contributed by atoms with Crippen LogP contribution in [0, 0.1) is 0 Å². The van der Waals surface area contributed by atoms with Crippen LogP contribution < -0.4 is 38.6 Å².